The zero-order valence-corrected chi connectivity index (χ0v) is 15.5. The highest BCUT2D eigenvalue weighted by atomic mass is 32.2. The second kappa shape index (κ2) is 8.13. The molecule has 10 heteroatoms. The summed E-state index contributed by atoms with van der Waals surface area (Å²) < 4.78 is 64.4. The van der Waals surface area contributed by atoms with Crippen molar-refractivity contribution in [2.45, 2.75) is 24.7 Å². The summed E-state index contributed by atoms with van der Waals surface area (Å²) in [4.78, 5) is 8.04. The number of sulfonamides is 1. The second-order valence-electron chi connectivity index (χ2n) is 6.13. The monoisotopic (exact) mass is 399 g/mol. The molecular weight excluding hydrogens is 380 g/mol. The quantitative estimate of drug-likeness (QED) is 0.740. The van der Waals surface area contributed by atoms with E-state index in [2.05, 4.69) is 9.97 Å². The summed E-state index contributed by atoms with van der Waals surface area (Å²) in [6.07, 6.45) is 3.63. The van der Waals surface area contributed by atoms with Gasteiger partial charge in [-0.3, -0.25) is 4.98 Å². The van der Waals surface area contributed by atoms with Crippen molar-refractivity contribution in [3.05, 3.63) is 47.8 Å². The highest BCUT2D eigenvalue weighted by Gasteiger charge is 2.31. The summed E-state index contributed by atoms with van der Waals surface area (Å²) >= 11 is 0. The summed E-state index contributed by atoms with van der Waals surface area (Å²) in [7, 11) is -2.38. The number of nitrogens with zero attached hydrogens (tertiary/aromatic N) is 3. The molecular formula is C17H19F2N3O4S. The van der Waals surface area contributed by atoms with Crippen LogP contribution in [0.3, 0.4) is 0 Å². The maximum Gasteiger partial charge on any atom is 0.235 e. The van der Waals surface area contributed by atoms with Crippen LogP contribution in [-0.2, 0) is 15.8 Å². The molecule has 1 aromatic heterocycles. The van der Waals surface area contributed by atoms with Gasteiger partial charge in [-0.2, -0.15) is 9.29 Å². The van der Waals surface area contributed by atoms with Crippen LogP contribution >= 0.6 is 0 Å². The van der Waals surface area contributed by atoms with E-state index in [1.165, 1.54) is 23.8 Å². The minimum absolute atomic E-state index is 0.0954. The maximum atomic E-state index is 13.8. The Balaban J connectivity index is 1.69. The van der Waals surface area contributed by atoms with Gasteiger partial charge in [-0.15, -0.1) is 0 Å². The number of piperidine rings is 1. The lowest BCUT2D eigenvalue weighted by molar-refractivity contribution is 0.123. The standard InChI is InChI=1S/C17H19F2N3O4S/c1-25-16-8-20-9-17(21-16)26-14-3-2-6-22(10-14)27(23,24)11-12-7-13(18)4-5-15(12)19/h4-5,7-9,14H,2-3,6,10-11H2,1H3. The van der Waals surface area contributed by atoms with Crippen LogP contribution in [0.15, 0.2) is 30.6 Å². The van der Waals surface area contributed by atoms with Gasteiger partial charge in [0, 0.05) is 12.1 Å². The average molecular weight is 399 g/mol. The third-order valence-electron chi connectivity index (χ3n) is 4.17. The Bertz CT molecular complexity index is 911. The van der Waals surface area contributed by atoms with Crippen LogP contribution < -0.4 is 9.47 Å². The van der Waals surface area contributed by atoms with E-state index in [-0.39, 0.29) is 23.9 Å². The summed E-state index contributed by atoms with van der Waals surface area (Å²) in [6.45, 7) is 0.390. The Morgan fingerprint density at radius 3 is 2.81 bits per heavy atom. The fraction of sp³-hybridized carbons (Fsp3) is 0.412. The zero-order chi connectivity index (χ0) is 19.4. The smallest absolute Gasteiger partial charge is 0.235 e. The molecule has 3 rings (SSSR count). The van der Waals surface area contributed by atoms with E-state index in [9.17, 15) is 17.2 Å². The van der Waals surface area contributed by atoms with Crippen LogP contribution in [0.2, 0.25) is 0 Å². The predicted octanol–water partition coefficient (Wildman–Crippen LogP) is 2.14. The highest BCUT2D eigenvalue weighted by molar-refractivity contribution is 7.88. The Morgan fingerprint density at radius 2 is 2.04 bits per heavy atom. The van der Waals surface area contributed by atoms with Crippen molar-refractivity contribution in [3.8, 4) is 11.8 Å². The van der Waals surface area contributed by atoms with E-state index in [0.29, 0.717) is 19.4 Å². The first-order valence-corrected chi connectivity index (χ1v) is 9.93. The van der Waals surface area contributed by atoms with Crippen LogP contribution in [0.5, 0.6) is 11.8 Å². The molecule has 146 valence electrons. The number of hydrogen-bond acceptors (Lipinski definition) is 6. The van der Waals surface area contributed by atoms with Gasteiger partial charge in [-0.05, 0) is 31.0 Å². The van der Waals surface area contributed by atoms with Gasteiger partial charge in [0.2, 0.25) is 21.8 Å². The van der Waals surface area contributed by atoms with Crippen molar-refractivity contribution in [3.63, 3.8) is 0 Å². The summed E-state index contributed by atoms with van der Waals surface area (Å²) in [5, 5.41) is 0. The fourth-order valence-electron chi connectivity index (χ4n) is 2.85. The lowest BCUT2D eigenvalue weighted by Crippen LogP contribution is -2.44. The first-order valence-electron chi connectivity index (χ1n) is 8.32. The topological polar surface area (TPSA) is 81.6 Å². The van der Waals surface area contributed by atoms with Crippen molar-refractivity contribution in [1.29, 1.82) is 0 Å². The lowest BCUT2D eigenvalue weighted by atomic mass is 10.1. The van der Waals surface area contributed by atoms with Gasteiger partial charge in [-0.1, -0.05) is 0 Å². The molecule has 7 nitrogen and oxygen atoms in total. The predicted molar refractivity (Wildman–Crippen MR) is 92.8 cm³/mol. The first kappa shape index (κ1) is 19.4. The van der Waals surface area contributed by atoms with Gasteiger partial charge in [0.05, 0.1) is 31.8 Å². The van der Waals surface area contributed by atoms with Crippen LogP contribution in [0.4, 0.5) is 8.78 Å². The minimum atomic E-state index is -3.83. The van der Waals surface area contributed by atoms with Crippen LogP contribution in [0.25, 0.3) is 0 Å². The van der Waals surface area contributed by atoms with Crippen LogP contribution in [-0.4, -0.2) is 49.0 Å². The Morgan fingerprint density at radius 1 is 1.26 bits per heavy atom. The van der Waals surface area contributed by atoms with E-state index in [0.717, 1.165) is 18.2 Å². The molecule has 2 aromatic rings. The van der Waals surface area contributed by atoms with Crippen LogP contribution in [0, 0.1) is 11.6 Å². The van der Waals surface area contributed by atoms with Gasteiger partial charge in [0.1, 0.15) is 17.7 Å². The average Bonchev–Trinajstić information content (AvgIpc) is 2.65. The van der Waals surface area contributed by atoms with Gasteiger partial charge in [-0.25, -0.2) is 17.2 Å². The third kappa shape index (κ3) is 4.89. The van der Waals surface area contributed by atoms with Crippen molar-refractivity contribution >= 4 is 10.0 Å². The fourth-order valence-corrected chi connectivity index (χ4v) is 4.45. The molecule has 1 unspecified atom stereocenters. The van der Waals surface area contributed by atoms with Crippen molar-refractivity contribution < 1.29 is 26.7 Å². The van der Waals surface area contributed by atoms with E-state index in [1.807, 2.05) is 0 Å². The van der Waals surface area contributed by atoms with Crippen molar-refractivity contribution in [2.75, 3.05) is 20.2 Å². The normalized spacial score (nSPS) is 18.3. The van der Waals surface area contributed by atoms with Gasteiger partial charge < -0.3 is 9.47 Å². The first-order chi connectivity index (χ1) is 12.9. The number of aromatic nitrogens is 2. The van der Waals surface area contributed by atoms with Gasteiger partial charge in [0.15, 0.2) is 0 Å². The van der Waals surface area contributed by atoms with Gasteiger partial charge >= 0.3 is 0 Å². The van der Waals surface area contributed by atoms with Crippen molar-refractivity contribution in [2.24, 2.45) is 0 Å². The Kier molecular flexibility index (Phi) is 5.85. The molecule has 0 N–H and O–H groups in total. The SMILES string of the molecule is COc1cncc(OC2CCCN(S(=O)(=O)Cc3cc(F)ccc3F)C2)n1. The maximum absolute atomic E-state index is 13.8. The molecule has 0 aliphatic carbocycles. The zero-order valence-electron chi connectivity index (χ0n) is 14.6. The number of methoxy groups -OCH3 is 1. The molecule has 0 amide bonds. The largest absolute Gasteiger partial charge is 0.480 e. The van der Waals surface area contributed by atoms with E-state index < -0.39 is 33.5 Å². The number of halogens is 2. The lowest BCUT2D eigenvalue weighted by Gasteiger charge is -2.31. The molecule has 1 aliphatic heterocycles. The van der Waals surface area contributed by atoms with E-state index in [1.54, 1.807) is 0 Å². The summed E-state index contributed by atoms with van der Waals surface area (Å²) in [6, 6.07) is 2.77. The molecule has 27 heavy (non-hydrogen) atoms. The highest BCUT2D eigenvalue weighted by Crippen LogP contribution is 2.22. The van der Waals surface area contributed by atoms with Crippen molar-refractivity contribution in [1.82, 2.24) is 14.3 Å². The molecule has 0 radical (unpaired) electrons. The number of benzene rings is 1. The minimum Gasteiger partial charge on any atom is -0.480 e. The molecule has 0 bridgehead atoms. The summed E-state index contributed by atoms with van der Waals surface area (Å²) in [5.41, 5.74) is -0.197. The molecule has 1 saturated heterocycles. The summed E-state index contributed by atoms with van der Waals surface area (Å²) in [5.74, 6) is -1.53. The van der Waals surface area contributed by atoms with Crippen LogP contribution in [0.1, 0.15) is 18.4 Å². The Labute approximate surface area is 156 Å². The molecule has 2 heterocycles. The molecule has 1 aliphatic rings. The molecule has 1 fully saturated rings. The number of rotatable bonds is 6. The molecule has 0 spiro atoms. The second-order valence-corrected chi connectivity index (χ2v) is 8.10. The number of ether oxygens (including phenoxy) is 2. The molecule has 1 atom stereocenters. The van der Waals surface area contributed by atoms with E-state index in [4.69, 9.17) is 9.47 Å². The van der Waals surface area contributed by atoms with Gasteiger partial charge in [0.25, 0.3) is 0 Å². The number of hydrogen-bond donors (Lipinski definition) is 0. The Hall–Kier alpha value is -2.33. The third-order valence-corrected chi connectivity index (χ3v) is 5.96. The van der Waals surface area contributed by atoms with E-state index >= 15 is 0 Å². The molecule has 0 saturated carbocycles. The molecule has 1 aromatic carbocycles.